The van der Waals surface area contributed by atoms with Crippen LogP contribution in [0.25, 0.3) is 0 Å². The number of carbonyl (C=O) groups excluding carboxylic acids is 1. The molecule has 0 saturated carbocycles. The molecular weight excluding hydrogens is 262 g/mol. The Kier molecular flexibility index (Phi) is 4.49. The lowest BCUT2D eigenvalue weighted by Crippen LogP contribution is -2.37. The van der Waals surface area contributed by atoms with Gasteiger partial charge in [-0.05, 0) is 25.8 Å². The van der Waals surface area contributed by atoms with E-state index in [1.54, 1.807) is 13.0 Å². The third-order valence-electron chi connectivity index (χ3n) is 3.38. The molecule has 1 fully saturated rings. The largest absolute Gasteiger partial charge is 0.466 e. The Morgan fingerprint density at radius 1 is 1.50 bits per heavy atom. The van der Waals surface area contributed by atoms with Crippen LogP contribution in [0.15, 0.2) is 18.3 Å². The molecule has 0 spiro atoms. The molecule has 0 amide bonds. The molecule has 1 aromatic heterocycles. The fourth-order valence-corrected chi connectivity index (χ4v) is 2.28. The summed E-state index contributed by atoms with van der Waals surface area (Å²) in [4.78, 5) is 27.9. The summed E-state index contributed by atoms with van der Waals surface area (Å²) in [5.41, 5.74) is -0.0184. The van der Waals surface area contributed by atoms with Gasteiger partial charge in [0.15, 0.2) is 0 Å². The minimum absolute atomic E-state index is 0.0184. The van der Waals surface area contributed by atoms with Crippen molar-refractivity contribution >= 4 is 17.5 Å². The lowest BCUT2D eigenvalue weighted by atomic mass is 9.97. The average molecular weight is 279 g/mol. The summed E-state index contributed by atoms with van der Waals surface area (Å²) in [5, 5.41) is 10.6. The zero-order chi connectivity index (χ0) is 14.5. The van der Waals surface area contributed by atoms with E-state index in [4.69, 9.17) is 4.74 Å². The first-order valence-electron chi connectivity index (χ1n) is 6.64. The summed E-state index contributed by atoms with van der Waals surface area (Å²) < 4.78 is 5.02. The highest BCUT2D eigenvalue weighted by atomic mass is 16.6. The van der Waals surface area contributed by atoms with Gasteiger partial charge in [-0.25, -0.2) is 4.98 Å². The fraction of sp³-hybridized carbons (Fsp3) is 0.538. The molecule has 0 aromatic carbocycles. The van der Waals surface area contributed by atoms with Crippen molar-refractivity contribution in [2.24, 2.45) is 5.92 Å². The number of hydrogen-bond donors (Lipinski definition) is 0. The van der Waals surface area contributed by atoms with E-state index in [9.17, 15) is 14.9 Å². The van der Waals surface area contributed by atoms with Crippen molar-refractivity contribution in [1.29, 1.82) is 0 Å². The summed E-state index contributed by atoms with van der Waals surface area (Å²) >= 11 is 0. The first-order chi connectivity index (χ1) is 9.61. The fourth-order valence-electron chi connectivity index (χ4n) is 2.28. The second-order valence-corrected chi connectivity index (χ2v) is 4.65. The van der Waals surface area contributed by atoms with Gasteiger partial charge in [-0.1, -0.05) is 0 Å². The van der Waals surface area contributed by atoms with Gasteiger partial charge in [0.05, 0.1) is 17.4 Å². The minimum atomic E-state index is -0.468. The predicted octanol–water partition coefficient (Wildman–Crippen LogP) is 1.77. The lowest BCUT2D eigenvalue weighted by molar-refractivity contribution is -0.385. The van der Waals surface area contributed by atoms with Gasteiger partial charge in [-0.2, -0.15) is 0 Å². The monoisotopic (exact) mass is 279 g/mol. The van der Waals surface area contributed by atoms with Gasteiger partial charge in [0.2, 0.25) is 0 Å². The van der Waals surface area contributed by atoms with Crippen molar-refractivity contribution in [2.45, 2.75) is 19.8 Å². The summed E-state index contributed by atoms with van der Waals surface area (Å²) in [7, 11) is 0. The third-order valence-corrected chi connectivity index (χ3v) is 3.38. The van der Waals surface area contributed by atoms with Crippen molar-refractivity contribution in [3.63, 3.8) is 0 Å². The van der Waals surface area contributed by atoms with Crippen LogP contribution in [0.3, 0.4) is 0 Å². The summed E-state index contributed by atoms with van der Waals surface area (Å²) in [6.45, 7) is 3.61. The first-order valence-corrected chi connectivity index (χ1v) is 6.64. The van der Waals surface area contributed by atoms with Crippen LogP contribution in [-0.2, 0) is 9.53 Å². The molecular formula is C13H17N3O4. The summed E-state index contributed by atoms with van der Waals surface area (Å²) in [5.74, 6) is 0.519. The van der Waals surface area contributed by atoms with Gasteiger partial charge in [-0.15, -0.1) is 0 Å². The van der Waals surface area contributed by atoms with Crippen LogP contribution in [0, 0.1) is 16.0 Å². The van der Waals surface area contributed by atoms with Crippen LogP contribution in [0.5, 0.6) is 0 Å². The van der Waals surface area contributed by atoms with Gasteiger partial charge < -0.3 is 9.64 Å². The van der Waals surface area contributed by atoms with Gasteiger partial charge in [0, 0.05) is 19.2 Å². The first kappa shape index (κ1) is 14.2. The Morgan fingerprint density at radius 2 is 2.20 bits per heavy atom. The van der Waals surface area contributed by atoms with Crippen LogP contribution in [0.4, 0.5) is 11.5 Å². The van der Waals surface area contributed by atoms with E-state index in [0.717, 1.165) is 12.8 Å². The number of pyridine rings is 1. The van der Waals surface area contributed by atoms with E-state index in [-0.39, 0.29) is 17.6 Å². The molecule has 1 aliphatic rings. The van der Waals surface area contributed by atoms with Gasteiger partial charge in [-0.3, -0.25) is 14.9 Å². The van der Waals surface area contributed by atoms with Gasteiger partial charge in [0.25, 0.3) is 5.69 Å². The number of rotatable bonds is 4. The predicted molar refractivity (Wildman–Crippen MR) is 72.5 cm³/mol. The second kappa shape index (κ2) is 6.31. The van der Waals surface area contributed by atoms with E-state index in [2.05, 4.69) is 4.98 Å². The average Bonchev–Trinajstić information content (AvgIpc) is 2.48. The number of piperidine rings is 1. The highest BCUT2D eigenvalue weighted by Crippen LogP contribution is 2.23. The molecule has 20 heavy (non-hydrogen) atoms. The van der Waals surface area contributed by atoms with Crippen molar-refractivity contribution in [2.75, 3.05) is 24.6 Å². The molecule has 108 valence electrons. The molecule has 0 N–H and O–H groups in total. The minimum Gasteiger partial charge on any atom is -0.466 e. The normalized spacial score (nSPS) is 15.9. The summed E-state index contributed by atoms with van der Waals surface area (Å²) in [6.07, 6.45) is 2.70. The van der Waals surface area contributed by atoms with E-state index in [0.29, 0.717) is 25.5 Å². The molecule has 7 heteroatoms. The smallest absolute Gasteiger partial charge is 0.309 e. The molecule has 2 rings (SSSR count). The SMILES string of the molecule is CCOC(=O)C1CCN(c2ccc([N+](=O)[O-])cn2)CC1. The highest BCUT2D eigenvalue weighted by molar-refractivity contribution is 5.72. The Bertz CT molecular complexity index is 481. The van der Waals surface area contributed by atoms with Crippen LogP contribution < -0.4 is 4.90 Å². The maximum Gasteiger partial charge on any atom is 0.309 e. The lowest BCUT2D eigenvalue weighted by Gasteiger charge is -2.31. The maximum absolute atomic E-state index is 11.6. The van der Waals surface area contributed by atoms with Crippen molar-refractivity contribution in [1.82, 2.24) is 4.98 Å². The van der Waals surface area contributed by atoms with Crippen LogP contribution >= 0.6 is 0 Å². The number of anilines is 1. The van der Waals surface area contributed by atoms with Crippen LogP contribution in [0.1, 0.15) is 19.8 Å². The van der Waals surface area contributed by atoms with Crippen LogP contribution in [-0.4, -0.2) is 35.6 Å². The molecule has 1 aliphatic heterocycles. The van der Waals surface area contributed by atoms with Crippen molar-refractivity contribution in [3.8, 4) is 0 Å². The molecule has 2 heterocycles. The van der Waals surface area contributed by atoms with Crippen molar-refractivity contribution < 1.29 is 14.5 Å². The maximum atomic E-state index is 11.6. The zero-order valence-electron chi connectivity index (χ0n) is 11.3. The van der Waals surface area contributed by atoms with Crippen LogP contribution in [0.2, 0.25) is 0 Å². The molecule has 0 unspecified atom stereocenters. The number of ether oxygens (including phenoxy) is 1. The Morgan fingerprint density at radius 3 is 2.70 bits per heavy atom. The Labute approximate surface area is 116 Å². The van der Waals surface area contributed by atoms with Gasteiger partial charge >= 0.3 is 5.97 Å². The standard InChI is InChI=1S/C13H17N3O4/c1-2-20-13(17)10-5-7-15(8-6-10)12-4-3-11(9-14-12)16(18)19/h3-4,9-10H,2,5-8H2,1H3. The third kappa shape index (κ3) is 3.23. The number of esters is 1. The molecule has 0 bridgehead atoms. The molecule has 1 aromatic rings. The quantitative estimate of drug-likeness (QED) is 0.474. The van der Waals surface area contributed by atoms with E-state index in [1.807, 2.05) is 4.90 Å². The Balaban J connectivity index is 1.93. The van der Waals surface area contributed by atoms with E-state index in [1.165, 1.54) is 12.3 Å². The number of carbonyl (C=O) groups is 1. The molecule has 0 aliphatic carbocycles. The molecule has 0 atom stereocenters. The zero-order valence-corrected chi connectivity index (χ0v) is 11.3. The number of hydrogen-bond acceptors (Lipinski definition) is 6. The number of nitro groups is 1. The molecule has 7 nitrogen and oxygen atoms in total. The van der Waals surface area contributed by atoms with Gasteiger partial charge in [0.1, 0.15) is 12.0 Å². The van der Waals surface area contributed by atoms with Crippen molar-refractivity contribution in [3.05, 3.63) is 28.4 Å². The molecule has 0 radical (unpaired) electrons. The van der Waals surface area contributed by atoms with E-state index < -0.39 is 4.92 Å². The summed E-state index contributed by atoms with van der Waals surface area (Å²) in [6, 6.07) is 3.09. The Hall–Kier alpha value is -2.18. The highest BCUT2D eigenvalue weighted by Gasteiger charge is 2.26. The number of nitrogens with zero attached hydrogens (tertiary/aromatic N) is 3. The number of aromatic nitrogens is 1. The second-order valence-electron chi connectivity index (χ2n) is 4.65. The van der Waals surface area contributed by atoms with E-state index >= 15 is 0 Å². The molecule has 1 saturated heterocycles. The topological polar surface area (TPSA) is 85.6 Å².